The van der Waals surface area contributed by atoms with Gasteiger partial charge in [-0.05, 0) is 0 Å². The Balaban J connectivity index is 2.88. The highest BCUT2D eigenvalue weighted by atomic mass is 31.2. The molecule has 0 bridgehead atoms. The first-order valence-electron chi connectivity index (χ1n) is 4.04. The molecule has 2 unspecified atom stereocenters. The van der Waals surface area contributed by atoms with Crippen LogP contribution in [0.25, 0.3) is 0 Å². The van der Waals surface area contributed by atoms with Crippen molar-refractivity contribution in [2.24, 2.45) is 0 Å². The van der Waals surface area contributed by atoms with Gasteiger partial charge in [-0.2, -0.15) is 0 Å². The van der Waals surface area contributed by atoms with Crippen LogP contribution in [0.3, 0.4) is 0 Å². The highest BCUT2D eigenvalue weighted by Gasteiger charge is 2.50. The van der Waals surface area contributed by atoms with Gasteiger partial charge >= 0.3 is 13.8 Å². The molecule has 0 radical (unpaired) electrons. The molecule has 0 aromatic rings. The van der Waals surface area contributed by atoms with Crippen LogP contribution in [-0.4, -0.2) is 56.7 Å². The van der Waals surface area contributed by atoms with E-state index in [-0.39, 0.29) is 0 Å². The molecule has 0 aliphatic carbocycles. The van der Waals surface area contributed by atoms with E-state index in [0.29, 0.717) is 0 Å². The molecule has 3 atom stereocenters. The monoisotopic (exact) mass is 256 g/mol. The number of esters is 1. The van der Waals surface area contributed by atoms with Crippen molar-refractivity contribution in [3.8, 4) is 0 Å². The first-order chi connectivity index (χ1) is 7.26. The molecule has 1 saturated heterocycles. The summed E-state index contributed by atoms with van der Waals surface area (Å²) < 4.78 is 18.8. The van der Waals surface area contributed by atoms with Crippen LogP contribution in [0, 0.1) is 0 Å². The lowest BCUT2D eigenvalue weighted by molar-refractivity contribution is -0.151. The standard InChI is InChI=1S/C6H9O9P/c7-1-2(8)4-5(15-16(11,12)13)3(9)6(10)14-4/h2,4-5,7-8H,1H2,(H2,11,12,13)/t2?,4-,5?/m1/s1. The maximum Gasteiger partial charge on any atom is 0.470 e. The fourth-order valence-electron chi connectivity index (χ4n) is 1.15. The van der Waals surface area contributed by atoms with Crippen molar-refractivity contribution >= 4 is 19.6 Å². The number of cyclic esters (lactones) is 1. The maximum absolute atomic E-state index is 11.1. The summed E-state index contributed by atoms with van der Waals surface area (Å²) in [6.07, 6.45) is -5.21. The summed E-state index contributed by atoms with van der Waals surface area (Å²) in [5, 5.41) is 17.7. The molecule has 92 valence electrons. The van der Waals surface area contributed by atoms with E-state index in [1.54, 1.807) is 0 Å². The number of hydrogen-bond acceptors (Lipinski definition) is 7. The molecule has 0 amide bonds. The SMILES string of the molecule is O=C1O[C@H](C(O)CO)C(OP(=O)(O)O)C1=O. The van der Waals surface area contributed by atoms with Gasteiger partial charge < -0.3 is 24.7 Å². The number of carbonyl (C=O) groups excluding carboxylic acids is 2. The fraction of sp³-hybridized carbons (Fsp3) is 0.667. The molecular weight excluding hydrogens is 247 g/mol. The number of phosphoric ester groups is 1. The van der Waals surface area contributed by atoms with E-state index in [4.69, 9.17) is 20.0 Å². The predicted molar refractivity (Wildman–Crippen MR) is 44.9 cm³/mol. The minimum atomic E-state index is -5.01. The summed E-state index contributed by atoms with van der Waals surface area (Å²) in [6, 6.07) is 0. The zero-order chi connectivity index (χ0) is 12.5. The quantitative estimate of drug-likeness (QED) is 0.239. The van der Waals surface area contributed by atoms with Crippen LogP contribution in [0.15, 0.2) is 0 Å². The smallest absolute Gasteiger partial charge is 0.450 e. The third-order valence-electron chi connectivity index (χ3n) is 1.82. The van der Waals surface area contributed by atoms with Crippen molar-refractivity contribution in [3.63, 3.8) is 0 Å². The molecule has 4 N–H and O–H groups in total. The third kappa shape index (κ3) is 2.85. The molecule has 1 aliphatic heterocycles. The molecule has 16 heavy (non-hydrogen) atoms. The predicted octanol–water partition coefficient (Wildman–Crippen LogP) is -2.69. The average molecular weight is 256 g/mol. The molecule has 0 aromatic heterocycles. The van der Waals surface area contributed by atoms with Gasteiger partial charge in [-0.1, -0.05) is 0 Å². The van der Waals surface area contributed by atoms with E-state index in [1.807, 2.05) is 0 Å². The topological polar surface area (TPSA) is 151 Å². The van der Waals surface area contributed by atoms with E-state index >= 15 is 0 Å². The summed E-state index contributed by atoms with van der Waals surface area (Å²) in [6.45, 7) is -0.855. The van der Waals surface area contributed by atoms with Crippen LogP contribution >= 0.6 is 7.82 Å². The van der Waals surface area contributed by atoms with Crippen molar-refractivity contribution in [1.82, 2.24) is 0 Å². The number of carbonyl (C=O) groups is 2. The molecule has 1 aliphatic rings. The van der Waals surface area contributed by atoms with Crippen LogP contribution in [0.4, 0.5) is 0 Å². The largest absolute Gasteiger partial charge is 0.470 e. The number of rotatable bonds is 4. The molecule has 10 heteroatoms. The van der Waals surface area contributed by atoms with Gasteiger partial charge in [-0.15, -0.1) is 0 Å². The molecule has 1 fully saturated rings. The number of aliphatic hydroxyl groups is 2. The van der Waals surface area contributed by atoms with Crippen LogP contribution in [-0.2, 0) is 23.4 Å². The van der Waals surface area contributed by atoms with E-state index < -0.39 is 44.5 Å². The summed E-state index contributed by atoms with van der Waals surface area (Å²) in [5.41, 5.74) is 0. The van der Waals surface area contributed by atoms with Crippen molar-refractivity contribution in [2.75, 3.05) is 6.61 Å². The Kier molecular flexibility index (Phi) is 3.79. The van der Waals surface area contributed by atoms with Crippen LogP contribution in [0.1, 0.15) is 0 Å². The molecule has 9 nitrogen and oxygen atoms in total. The highest BCUT2D eigenvalue weighted by molar-refractivity contribution is 7.46. The van der Waals surface area contributed by atoms with Crippen molar-refractivity contribution in [1.29, 1.82) is 0 Å². The lowest BCUT2D eigenvalue weighted by Gasteiger charge is -2.20. The Morgan fingerprint density at radius 2 is 2.00 bits per heavy atom. The van der Waals surface area contributed by atoms with Gasteiger partial charge in [-0.25, -0.2) is 9.36 Å². The molecule has 1 heterocycles. The Morgan fingerprint density at radius 3 is 2.44 bits per heavy atom. The second kappa shape index (κ2) is 4.58. The normalized spacial score (nSPS) is 28.0. The second-order valence-electron chi connectivity index (χ2n) is 3.00. The number of phosphoric acid groups is 1. The number of hydrogen-bond donors (Lipinski definition) is 4. The minimum absolute atomic E-state index is 0.855. The van der Waals surface area contributed by atoms with Gasteiger partial charge in [0.1, 0.15) is 6.10 Å². The minimum Gasteiger partial charge on any atom is -0.450 e. The molecule has 0 spiro atoms. The lowest BCUT2D eigenvalue weighted by Crippen LogP contribution is -2.40. The number of ether oxygens (including phenoxy) is 1. The van der Waals surface area contributed by atoms with Gasteiger partial charge in [0.05, 0.1) is 6.61 Å². The van der Waals surface area contributed by atoms with Gasteiger partial charge in [0.2, 0.25) is 0 Å². The second-order valence-corrected chi connectivity index (χ2v) is 4.19. The van der Waals surface area contributed by atoms with Gasteiger partial charge in [-0.3, -0.25) is 9.32 Å². The average Bonchev–Trinajstić information content (AvgIpc) is 2.43. The zero-order valence-corrected chi connectivity index (χ0v) is 8.61. The van der Waals surface area contributed by atoms with Crippen LogP contribution in [0.2, 0.25) is 0 Å². The Bertz CT molecular complexity index is 346. The van der Waals surface area contributed by atoms with E-state index in [2.05, 4.69) is 9.26 Å². The number of aliphatic hydroxyl groups excluding tert-OH is 2. The number of Topliss-reactive ketones (excluding diaryl/α,β-unsaturated/α-hetero) is 1. The van der Waals surface area contributed by atoms with Gasteiger partial charge in [0.15, 0.2) is 12.2 Å². The maximum atomic E-state index is 11.1. The Hall–Kier alpha value is -0.830. The van der Waals surface area contributed by atoms with Gasteiger partial charge in [0.25, 0.3) is 5.78 Å². The molecule has 0 saturated carbocycles. The fourth-order valence-corrected chi connectivity index (χ4v) is 1.66. The van der Waals surface area contributed by atoms with Crippen molar-refractivity contribution in [2.45, 2.75) is 18.3 Å². The van der Waals surface area contributed by atoms with Crippen molar-refractivity contribution < 1.29 is 43.4 Å². The van der Waals surface area contributed by atoms with E-state index in [9.17, 15) is 14.2 Å². The molecular formula is C6H9O9P. The summed E-state index contributed by atoms with van der Waals surface area (Å²) in [5.74, 6) is -2.70. The summed E-state index contributed by atoms with van der Waals surface area (Å²) in [4.78, 5) is 38.8. The summed E-state index contributed by atoms with van der Waals surface area (Å²) >= 11 is 0. The summed E-state index contributed by atoms with van der Waals surface area (Å²) in [7, 11) is -5.01. The van der Waals surface area contributed by atoms with E-state index in [1.165, 1.54) is 0 Å². The van der Waals surface area contributed by atoms with Crippen LogP contribution < -0.4 is 0 Å². The van der Waals surface area contributed by atoms with Crippen LogP contribution in [0.5, 0.6) is 0 Å². The lowest BCUT2D eigenvalue weighted by atomic mass is 10.1. The molecule has 1 rings (SSSR count). The highest BCUT2D eigenvalue weighted by Crippen LogP contribution is 2.40. The first kappa shape index (κ1) is 13.2. The molecule has 0 aromatic carbocycles. The first-order valence-corrected chi connectivity index (χ1v) is 5.57. The Morgan fingerprint density at radius 1 is 1.44 bits per heavy atom. The third-order valence-corrected chi connectivity index (χ3v) is 2.32. The number of ketones is 1. The van der Waals surface area contributed by atoms with Gasteiger partial charge in [0, 0.05) is 0 Å². The van der Waals surface area contributed by atoms with E-state index in [0.717, 1.165) is 0 Å². The van der Waals surface area contributed by atoms with Crippen molar-refractivity contribution in [3.05, 3.63) is 0 Å². The zero-order valence-electron chi connectivity index (χ0n) is 7.72. The Labute approximate surface area is 88.8 Å².